The van der Waals surface area contributed by atoms with Crippen molar-refractivity contribution in [3.63, 3.8) is 0 Å². The summed E-state index contributed by atoms with van der Waals surface area (Å²) in [5.41, 5.74) is 7.36. The first-order valence-electron chi connectivity index (χ1n) is 16.1. The molecule has 0 aliphatic rings. The summed E-state index contributed by atoms with van der Waals surface area (Å²) in [6.45, 7) is 0. The molecule has 0 radical (unpaired) electrons. The van der Waals surface area contributed by atoms with Crippen LogP contribution in [0.3, 0.4) is 0 Å². The van der Waals surface area contributed by atoms with Crippen LogP contribution in [-0.4, -0.2) is 9.13 Å². The van der Waals surface area contributed by atoms with E-state index in [-0.39, 0.29) is 0 Å². The van der Waals surface area contributed by atoms with Gasteiger partial charge >= 0.3 is 0 Å². The van der Waals surface area contributed by atoms with Gasteiger partial charge in [0.2, 0.25) is 0 Å². The molecule has 0 aliphatic heterocycles. The van der Waals surface area contributed by atoms with E-state index in [9.17, 15) is 0 Å². The number of hydrogen-bond donors (Lipinski definition) is 0. The van der Waals surface area contributed by atoms with Crippen molar-refractivity contribution in [3.8, 4) is 11.4 Å². The van der Waals surface area contributed by atoms with Crippen LogP contribution < -0.4 is 0 Å². The molecule has 0 atom stereocenters. The molecule has 0 unspecified atom stereocenters. The highest BCUT2D eigenvalue weighted by molar-refractivity contribution is 7.26. The molecule has 11 aromatic rings. The number of benzene rings is 8. The van der Waals surface area contributed by atoms with Gasteiger partial charge in [0, 0.05) is 58.5 Å². The highest BCUT2D eigenvalue weighted by Crippen LogP contribution is 2.45. The predicted octanol–water partition coefficient (Wildman–Crippen LogP) is 12.6. The van der Waals surface area contributed by atoms with Gasteiger partial charge in [-0.05, 0) is 64.7 Å². The van der Waals surface area contributed by atoms with Crippen LogP contribution in [0.4, 0.5) is 0 Å². The Morgan fingerprint density at radius 3 is 1.89 bits per heavy atom. The van der Waals surface area contributed by atoms with Crippen LogP contribution >= 0.6 is 11.3 Å². The molecule has 0 bridgehead atoms. The number of nitrogens with zero attached hydrogens (tertiary/aromatic N) is 2. The zero-order valence-electron chi connectivity index (χ0n) is 25.3. The second-order valence-electron chi connectivity index (χ2n) is 12.5. The van der Waals surface area contributed by atoms with Crippen LogP contribution in [0.15, 0.2) is 158 Å². The maximum atomic E-state index is 2.46. The van der Waals surface area contributed by atoms with Gasteiger partial charge in [-0.1, -0.05) is 109 Å². The molecule has 2 nitrogen and oxygen atoms in total. The Morgan fingerprint density at radius 1 is 0.362 bits per heavy atom. The number of para-hydroxylation sites is 3. The molecule has 3 heterocycles. The Morgan fingerprint density at radius 2 is 1.04 bits per heavy atom. The Kier molecular flexibility index (Phi) is 5.02. The third-order valence-electron chi connectivity index (χ3n) is 10.1. The van der Waals surface area contributed by atoms with Crippen molar-refractivity contribution in [2.75, 3.05) is 0 Å². The summed E-state index contributed by atoms with van der Waals surface area (Å²) >= 11 is 1.91. The van der Waals surface area contributed by atoms with Crippen LogP contribution in [0.25, 0.3) is 96.7 Å². The molecule has 0 fully saturated rings. The topological polar surface area (TPSA) is 9.86 Å². The standard InChI is InChI=1S/C44H26N2S/c1-2-11-29(12-3-1)46-37-16-8-6-14-32(37)33-22-18-28-19-23-34-36-26-30(21-25-40(36)47-44(34)41(28)43(33)46)45-38-17-9-7-15-35(38)42-31-13-5-4-10-27(31)20-24-39(42)45/h1-26H. The van der Waals surface area contributed by atoms with E-state index in [1.807, 2.05) is 11.3 Å². The van der Waals surface area contributed by atoms with E-state index in [0.717, 1.165) is 0 Å². The Balaban J connectivity index is 1.25. The zero-order valence-corrected chi connectivity index (χ0v) is 26.1. The molecule has 0 aliphatic carbocycles. The summed E-state index contributed by atoms with van der Waals surface area (Å²) in [5, 5.41) is 13.0. The number of hydrogen-bond acceptors (Lipinski definition) is 1. The van der Waals surface area contributed by atoms with Crippen LogP contribution in [0, 0.1) is 0 Å². The second-order valence-corrected chi connectivity index (χ2v) is 13.6. The largest absolute Gasteiger partial charge is 0.309 e. The van der Waals surface area contributed by atoms with Crippen molar-refractivity contribution in [3.05, 3.63) is 158 Å². The molecule has 11 rings (SSSR count). The van der Waals surface area contributed by atoms with E-state index in [4.69, 9.17) is 0 Å². The molecule has 0 amide bonds. The van der Waals surface area contributed by atoms with E-state index >= 15 is 0 Å². The maximum Gasteiger partial charge on any atom is 0.0633 e. The fourth-order valence-electron chi connectivity index (χ4n) is 8.08. The molecule has 0 saturated carbocycles. The molecule has 0 N–H and O–H groups in total. The van der Waals surface area contributed by atoms with Crippen molar-refractivity contribution in [2.24, 2.45) is 0 Å². The van der Waals surface area contributed by atoms with Crippen molar-refractivity contribution in [2.45, 2.75) is 0 Å². The average molecular weight is 615 g/mol. The first kappa shape index (κ1) is 25.3. The Bertz CT molecular complexity index is 3070. The van der Waals surface area contributed by atoms with Gasteiger partial charge in [0.1, 0.15) is 0 Å². The van der Waals surface area contributed by atoms with Crippen molar-refractivity contribution in [1.29, 1.82) is 0 Å². The third kappa shape index (κ3) is 3.39. The molecule has 47 heavy (non-hydrogen) atoms. The van der Waals surface area contributed by atoms with Gasteiger partial charge < -0.3 is 9.13 Å². The Hall–Kier alpha value is -5.90. The lowest BCUT2D eigenvalue weighted by Crippen LogP contribution is -1.94. The lowest BCUT2D eigenvalue weighted by molar-refractivity contribution is 1.19. The molecule has 218 valence electrons. The quantitative estimate of drug-likeness (QED) is 0.183. The van der Waals surface area contributed by atoms with Gasteiger partial charge in [-0.2, -0.15) is 0 Å². The summed E-state index contributed by atoms with van der Waals surface area (Å²) < 4.78 is 7.56. The summed E-state index contributed by atoms with van der Waals surface area (Å²) in [6.07, 6.45) is 0. The summed E-state index contributed by atoms with van der Waals surface area (Å²) in [7, 11) is 0. The van der Waals surface area contributed by atoms with Gasteiger partial charge in [-0.3, -0.25) is 0 Å². The Labute approximate surface area is 273 Å². The van der Waals surface area contributed by atoms with Crippen LogP contribution in [0.5, 0.6) is 0 Å². The van der Waals surface area contributed by atoms with Crippen LogP contribution in [-0.2, 0) is 0 Å². The minimum absolute atomic E-state index is 1.19. The first-order valence-corrected chi connectivity index (χ1v) is 16.9. The van der Waals surface area contributed by atoms with Gasteiger partial charge in [0.15, 0.2) is 0 Å². The maximum absolute atomic E-state index is 2.46. The van der Waals surface area contributed by atoms with E-state index < -0.39 is 0 Å². The molecule has 0 spiro atoms. The van der Waals surface area contributed by atoms with Crippen molar-refractivity contribution in [1.82, 2.24) is 9.13 Å². The lowest BCUT2D eigenvalue weighted by Gasteiger charge is -2.10. The number of fused-ring (bicyclic) bond motifs is 14. The van der Waals surface area contributed by atoms with Crippen LogP contribution in [0.2, 0.25) is 0 Å². The molecule has 3 aromatic heterocycles. The van der Waals surface area contributed by atoms with E-state index in [1.165, 1.54) is 96.7 Å². The zero-order chi connectivity index (χ0) is 30.6. The molecular weight excluding hydrogens is 589 g/mol. The summed E-state index contributed by atoms with van der Waals surface area (Å²) in [6, 6.07) is 58.0. The predicted molar refractivity (Wildman–Crippen MR) is 203 cm³/mol. The number of rotatable bonds is 2. The van der Waals surface area contributed by atoms with Gasteiger partial charge in [0.25, 0.3) is 0 Å². The van der Waals surface area contributed by atoms with E-state index in [2.05, 4.69) is 167 Å². The fourth-order valence-corrected chi connectivity index (χ4v) is 9.32. The van der Waals surface area contributed by atoms with E-state index in [0.29, 0.717) is 0 Å². The molecule has 0 saturated heterocycles. The van der Waals surface area contributed by atoms with Crippen molar-refractivity contribution >= 4 is 96.7 Å². The third-order valence-corrected chi connectivity index (χ3v) is 11.3. The fraction of sp³-hybridized carbons (Fsp3) is 0. The minimum atomic E-state index is 1.19. The molecular formula is C44H26N2S. The highest BCUT2D eigenvalue weighted by atomic mass is 32.1. The summed E-state index contributed by atoms with van der Waals surface area (Å²) in [4.78, 5) is 0. The smallest absolute Gasteiger partial charge is 0.0633 e. The number of aromatic nitrogens is 2. The normalized spacial score (nSPS) is 12.3. The lowest BCUT2D eigenvalue weighted by atomic mass is 10.0. The average Bonchev–Trinajstić information content (AvgIpc) is 3.79. The van der Waals surface area contributed by atoms with Gasteiger partial charge in [-0.25, -0.2) is 0 Å². The number of thiophene rings is 1. The minimum Gasteiger partial charge on any atom is -0.309 e. The van der Waals surface area contributed by atoms with Crippen molar-refractivity contribution < 1.29 is 0 Å². The second kappa shape index (κ2) is 9.32. The first-order chi connectivity index (χ1) is 23.3. The van der Waals surface area contributed by atoms with Gasteiger partial charge in [0.05, 0.1) is 22.1 Å². The summed E-state index contributed by atoms with van der Waals surface area (Å²) in [5.74, 6) is 0. The van der Waals surface area contributed by atoms with E-state index in [1.54, 1.807) is 0 Å². The SMILES string of the molecule is c1ccc(-n2c3ccccc3c3ccc4ccc5c6cc(-n7c8ccccc8c8c9ccccc9ccc87)ccc6sc5c4c32)cc1. The molecule has 8 aromatic carbocycles. The van der Waals surface area contributed by atoms with Crippen LogP contribution in [0.1, 0.15) is 0 Å². The van der Waals surface area contributed by atoms with Gasteiger partial charge in [-0.15, -0.1) is 11.3 Å². The molecule has 3 heteroatoms. The monoisotopic (exact) mass is 614 g/mol. The highest BCUT2D eigenvalue weighted by Gasteiger charge is 2.20.